The molecule has 1 aromatic heterocycles. The van der Waals surface area contributed by atoms with Crippen LogP contribution in [0.3, 0.4) is 0 Å². The minimum Gasteiger partial charge on any atom is -0.478 e. The van der Waals surface area contributed by atoms with Gasteiger partial charge in [-0.1, -0.05) is 0 Å². The van der Waals surface area contributed by atoms with Gasteiger partial charge < -0.3 is 5.11 Å². The van der Waals surface area contributed by atoms with Gasteiger partial charge in [-0.25, -0.2) is 14.8 Å². The van der Waals surface area contributed by atoms with Crippen LogP contribution in [-0.4, -0.2) is 26.8 Å². The van der Waals surface area contributed by atoms with Crippen molar-refractivity contribution in [3.05, 3.63) is 22.8 Å². The Morgan fingerprint density at radius 3 is 2.44 bits per heavy atom. The molecule has 1 unspecified atom stereocenters. The van der Waals surface area contributed by atoms with Crippen molar-refractivity contribution in [1.82, 2.24) is 9.97 Å². The summed E-state index contributed by atoms with van der Waals surface area (Å²) in [5, 5.41) is 9.36. The van der Waals surface area contributed by atoms with Crippen molar-refractivity contribution in [3.8, 4) is 0 Å². The summed E-state index contributed by atoms with van der Waals surface area (Å²) in [5.41, 5.74) is 1.39. The van der Waals surface area contributed by atoms with Crippen LogP contribution in [0.15, 0.2) is 0 Å². The van der Waals surface area contributed by atoms with E-state index in [-0.39, 0.29) is 5.56 Å². The van der Waals surface area contributed by atoms with Crippen LogP contribution in [0.1, 0.15) is 45.7 Å². The van der Waals surface area contributed by atoms with Gasteiger partial charge in [-0.15, -0.1) is 0 Å². The molecule has 1 N–H and O–H groups in total. The lowest BCUT2D eigenvalue weighted by molar-refractivity contribution is 0.0694. The van der Waals surface area contributed by atoms with Crippen molar-refractivity contribution in [2.45, 2.75) is 31.9 Å². The van der Waals surface area contributed by atoms with Gasteiger partial charge in [-0.2, -0.15) is 11.8 Å². The first kappa shape index (κ1) is 11.4. The number of carboxylic acid groups (broad SMARTS) is 1. The monoisotopic (exact) mass is 238 g/mol. The van der Waals surface area contributed by atoms with E-state index < -0.39 is 5.97 Å². The SMILES string of the molecule is Cc1nc(C2CCCS2)nc(C)c1C(=O)O. The molecule has 0 amide bonds. The maximum Gasteiger partial charge on any atom is 0.339 e. The topological polar surface area (TPSA) is 63.1 Å². The van der Waals surface area contributed by atoms with E-state index in [9.17, 15) is 4.79 Å². The lowest BCUT2D eigenvalue weighted by Gasteiger charge is -2.11. The van der Waals surface area contributed by atoms with Gasteiger partial charge in [-0.3, -0.25) is 0 Å². The highest BCUT2D eigenvalue weighted by atomic mass is 32.2. The molecule has 1 aliphatic rings. The number of hydrogen-bond acceptors (Lipinski definition) is 4. The van der Waals surface area contributed by atoms with Gasteiger partial charge in [0, 0.05) is 0 Å². The van der Waals surface area contributed by atoms with Crippen LogP contribution in [0.2, 0.25) is 0 Å². The van der Waals surface area contributed by atoms with Crippen molar-refractivity contribution in [3.63, 3.8) is 0 Å². The Bertz CT molecular complexity index is 405. The Balaban J connectivity index is 2.40. The van der Waals surface area contributed by atoms with Crippen molar-refractivity contribution in [2.24, 2.45) is 0 Å². The molecule has 1 aliphatic heterocycles. The first-order valence-corrected chi connectivity index (χ1v) is 6.34. The van der Waals surface area contributed by atoms with Crippen molar-refractivity contribution >= 4 is 17.7 Å². The highest BCUT2D eigenvalue weighted by molar-refractivity contribution is 7.99. The fourth-order valence-electron chi connectivity index (χ4n) is 1.98. The average Bonchev–Trinajstić information content (AvgIpc) is 2.67. The van der Waals surface area contributed by atoms with Gasteiger partial charge in [0.1, 0.15) is 11.4 Å². The molecule has 86 valence electrons. The normalized spacial score (nSPS) is 20.0. The first-order valence-electron chi connectivity index (χ1n) is 5.29. The number of carboxylic acids is 1. The zero-order valence-corrected chi connectivity index (χ0v) is 10.2. The summed E-state index contributed by atoms with van der Waals surface area (Å²) in [4.78, 5) is 19.6. The molecule has 2 rings (SSSR count). The molecular formula is C11H14N2O2S. The fourth-order valence-corrected chi connectivity index (χ4v) is 3.18. The first-order chi connectivity index (χ1) is 7.59. The van der Waals surface area contributed by atoms with Gasteiger partial charge in [0.15, 0.2) is 0 Å². The summed E-state index contributed by atoms with van der Waals surface area (Å²) in [6.07, 6.45) is 2.29. The van der Waals surface area contributed by atoms with E-state index in [0.29, 0.717) is 16.6 Å². The van der Waals surface area contributed by atoms with Crippen LogP contribution < -0.4 is 0 Å². The standard InChI is InChI=1S/C11H14N2O2S/c1-6-9(11(14)15)7(2)13-10(12-6)8-4-3-5-16-8/h8H,3-5H2,1-2H3,(H,14,15). The van der Waals surface area contributed by atoms with Gasteiger partial charge >= 0.3 is 5.97 Å². The van der Waals surface area contributed by atoms with E-state index >= 15 is 0 Å². The maximum absolute atomic E-state index is 11.0. The Morgan fingerprint density at radius 2 is 2.00 bits per heavy atom. The number of rotatable bonds is 2. The average molecular weight is 238 g/mol. The summed E-state index contributed by atoms with van der Waals surface area (Å²) < 4.78 is 0. The second kappa shape index (κ2) is 4.41. The fraction of sp³-hybridized carbons (Fsp3) is 0.545. The molecule has 16 heavy (non-hydrogen) atoms. The second-order valence-electron chi connectivity index (χ2n) is 3.93. The lowest BCUT2D eigenvalue weighted by Crippen LogP contribution is -2.11. The van der Waals surface area contributed by atoms with Crippen LogP contribution in [0, 0.1) is 13.8 Å². The Morgan fingerprint density at radius 1 is 1.38 bits per heavy atom. The third-order valence-corrected chi connectivity index (χ3v) is 4.09. The van der Waals surface area contributed by atoms with Crippen molar-refractivity contribution in [2.75, 3.05) is 5.75 Å². The zero-order chi connectivity index (χ0) is 11.7. The van der Waals surface area contributed by atoms with Crippen LogP contribution in [0.4, 0.5) is 0 Å². The van der Waals surface area contributed by atoms with E-state index in [1.165, 1.54) is 6.42 Å². The quantitative estimate of drug-likeness (QED) is 0.857. The smallest absolute Gasteiger partial charge is 0.339 e. The molecule has 0 aromatic carbocycles. The summed E-state index contributed by atoms with van der Waals surface area (Å²) in [6.45, 7) is 3.47. The number of aryl methyl sites for hydroxylation is 2. The molecule has 0 spiro atoms. The van der Waals surface area contributed by atoms with Gasteiger partial charge in [0.05, 0.1) is 16.6 Å². The van der Waals surface area contributed by atoms with E-state index in [2.05, 4.69) is 9.97 Å². The molecule has 2 heterocycles. The number of nitrogens with zero attached hydrogens (tertiary/aromatic N) is 2. The highest BCUT2D eigenvalue weighted by Crippen LogP contribution is 2.38. The van der Waals surface area contributed by atoms with Crippen molar-refractivity contribution in [1.29, 1.82) is 0 Å². The molecule has 0 aliphatic carbocycles. The molecule has 0 bridgehead atoms. The predicted molar refractivity (Wildman–Crippen MR) is 62.9 cm³/mol. The third kappa shape index (κ3) is 2.04. The third-order valence-electron chi connectivity index (χ3n) is 2.72. The number of hydrogen-bond donors (Lipinski definition) is 1. The van der Waals surface area contributed by atoms with E-state index in [4.69, 9.17) is 5.11 Å². The lowest BCUT2D eigenvalue weighted by atomic mass is 10.1. The molecule has 5 heteroatoms. The number of thioether (sulfide) groups is 1. The Labute approximate surface area is 98.5 Å². The van der Waals surface area contributed by atoms with E-state index in [1.807, 2.05) is 11.8 Å². The van der Waals surface area contributed by atoms with Gasteiger partial charge in [0.25, 0.3) is 0 Å². The van der Waals surface area contributed by atoms with Crippen molar-refractivity contribution < 1.29 is 9.90 Å². The van der Waals surface area contributed by atoms with E-state index in [1.54, 1.807) is 13.8 Å². The summed E-state index contributed by atoms with van der Waals surface area (Å²) in [6, 6.07) is 0. The van der Waals surface area contributed by atoms with Crippen LogP contribution in [-0.2, 0) is 0 Å². The molecule has 1 saturated heterocycles. The van der Waals surface area contributed by atoms with E-state index in [0.717, 1.165) is 18.0 Å². The highest BCUT2D eigenvalue weighted by Gasteiger charge is 2.23. The molecule has 0 saturated carbocycles. The van der Waals surface area contributed by atoms with Gasteiger partial charge in [0.2, 0.25) is 0 Å². The zero-order valence-electron chi connectivity index (χ0n) is 9.36. The molecule has 0 radical (unpaired) electrons. The minimum absolute atomic E-state index is 0.242. The summed E-state index contributed by atoms with van der Waals surface area (Å²) >= 11 is 1.85. The number of carbonyl (C=O) groups is 1. The number of aromatic carboxylic acids is 1. The maximum atomic E-state index is 11.0. The summed E-state index contributed by atoms with van der Waals surface area (Å²) in [7, 11) is 0. The predicted octanol–water partition coefficient (Wildman–Crippen LogP) is 2.36. The molecule has 1 aromatic rings. The van der Waals surface area contributed by atoms with Crippen LogP contribution in [0.5, 0.6) is 0 Å². The molecule has 1 atom stereocenters. The van der Waals surface area contributed by atoms with Gasteiger partial charge in [-0.05, 0) is 32.4 Å². The molecular weight excluding hydrogens is 224 g/mol. The molecule has 1 fully saturated rings. The summed E-state index contributed by atoms with van der Waals surface area (Å²) in [5.74, 6) is 0.996. The van der Waals surface area contributed by atoms with Crippen LogP contribution in [0.25, 0.3) is 0 Å². The Kier molecular flexibility index (Phi) is 3.14. The second-order valence-corrected chi connectivity index (χ2v) is 5.25. The number of aromatic nitrogens is 2. The molecule has 4 nitrogen and oxygen atoms in total. The largest absolute Gasteiger partial charge is 0.478 e. The van der Waals surface area contributed by atoms with Crippen LogP contribution >= 0.6 is 11.8 Å². The minimum atomic E-state index is -0.944. The Hall–Kier alpha value is -1.10.